The Morgan fingerprint density at radius 1 is 0.464 bits per heavy atom. The molecular weight excluding hydrogens is 1100 g/mol. The average molecular weight is 1260 g/mol. The van der Waals surface area contributed by atoms with Gasteiger partial charge in [0.15, 0.2) is 6.61 Å². The minimum Gasteiger partial charge on any atom is -0.386 e. The van der Waals surface area contributed by atoms with E-state index in [4.69, 9.17) is 98.7 Å². The fraction of sp³-hybridized carbons (Fsp3) is 0.724. The van der Waals surface area contributed by atoms with Crippen molar-refractivity contribution < 1.29 is 132 Å². The lowest BCUT2D eigenvalue weighted by Crippen LogP contribution is -2.43. The van der Waals surface area contributed by atoms with Crippen molar-refractivity contribution in [3.8, 4) is 0 Å². The predicted octanol–water partition coefficient (Wildman–Crippen LogP) is 5.72. The summed E-state index contributed by atoms with van der Waals surface area (Å²) in [5.74, 6) is -1.79. The molecule has 0 radical (unpaired) electrons. The Morgan fingerprint density at radius 3 is 1.25 bits per heavy atom. The molecule has 0 saturated carbocycles. The summed E-state index contributed by atoms with van der Waals surface area (Å²) < 4.78 is 194. The van der Waals surface area contributed by atoms with Crippen LogP contribution in [-0.4, -0.2) is 210 Å². The lowest BCUT2D eigenvalue weighted by atomic mass is 9.95. The Hall–Kier alpha value is -6.20. The van der Waals surface area contributed by atoms with Crippen molar-refractivity contribution in [3.05, 3.63) is 36.1 Å². The van der Waals surface area contributed by atoms with Crippen LogP contribution in [0.1, 0.15) is 164 Å². The molecule has 6 amide bonds. The van der Waals surface area contributed by atoms with Gasteiger partial charge in [0, 0.05) is 110 Å². The third kappa shape index (κ3) is 66.6. The maximum atomic E-state index is 12.1. The largest absolute Gasteiger partial charge is 0.386 e. The molecule has 0 aliphatic carbocycles. The van der Waals surface area contributed by atoms with Gasteiger partial charge < -0.3 is 85.1 Å². The molecule has 0 unspecified atom stereocenters. The molecule has 0 aromatic carbocycles. The number of hydrogen-bond acceptors (Lipinski definition) is 20. The second kappa shape index (κ2) is 62.8. The first kappa shape index (κ1) is 56.9. The smallest absolute Gasteiger partial charge is 0.260 e. The molecule has 0 heterocycles. The van der Waals surface area contributed by atoms with Gasteiger partial charge in [-0.2, -0.15) is 0 Å². The summed E-state index contributed by atoms with van der Waals surface area (Å²) in [5, 5.41) is 17.8. The van der Waals surface area contributed by atoms with E-state index in [1.165, 1.54) is 13.8 Å². The predicted molar refractivity (Wildman–Crippen MR) is 348 cm³/mol. The SMILES string of the molecule is C=C=C=C=C=C.CC(=O)CC[C@@H](CCCCNC(=O)CCOCCOCCOCCOCCNC(=O)CO/N=C(/C)CCC(=O)NCCOCCOCCOCCOCCC(=O)NCCCC[C@H](NCC(C)=O)C(N)=O)C(N)=O.CCC(C)=O.[2HH].[2H][2H].[2H][2H].[2H][2H].[2H][2H].[2H][2H].[2H][2H].[2H][2H].[2H][2H].[2H][2H].[2H][2H].[2H][2H].[2H][2H].[2H][2H].[2H][2H].[2H][2H]. The molecule has 512 valence electrons. The number of oxime groups is 1. The number of hydrogen-bond donors (Lipinski definition) is 7. The minimum atomic E-state index is -0.568. The fourth-order valence-electron chi connectivity index (χ4n) is 6.19. The number of ether oxygens (including phenoxy) is 8. The van der Waals surface area contributed by atoms with E-state index in [9.17, 15) is 43.2 Å². The van der Waals surface area contributed by atoms with E-state index in [0.29, 0.717) is 169 Å². The molecule has 0 saturated heterocycles. The van der Waals surface area contributed by atoms with Gasteiger partial charge in [0.05, 0.1) is 124 Å². The molecule has 9 N–H and O–H groups in total. The zero-order valence-electron chi connectivity index (χ0n) is 80.8. The Kier molecular flexibility index (Phi) is 42.6. The van der Waals surface area contributed by atoms with E-state index in [1.54, 1.807) is 13.8 Å². The minimum absolute atomic E-state index is 0. The van der Waals surface area contributed by atoms with Gasteiger partial charge in [-0.1, -0.05) is 30.0 Å². The highest BCUT2D eigenvalue weighted by molar-refractivity contribution is 5.87. The Bertz CT molecular complexity index is 2060. The number of rotatable bonds is 55. The number of unbranched alkanes of at least 4 members (excludes halogenated alkanes) is 2. The number of Topliss-reactive ketones (excluding diaryl/α,β-unsaturated/α-hetero) is 3. The summed E-state index contributed by atoms with van der Waals surface area (Å²) in [6.07, 6.45) is 6.36. The second-order valence-electron chi connectivity index (χ2n) is 18.4. The van der Waals surface area contributed by atoms with Gasteiger partial charge in [-0.05, 0) is 97.3 Å². The molecule has 0 aromatic rings. The lowest BCUT2D eigenvalue weighted by Gasteiger charge is -2.14. The van der Waals surface area contributed by atoms with Crippen LogP contribution in [0, 0.1) is 5.92 Å². The second-order valence-corrected chi connectivity index (χ2v) is 18.4. The van der Waals surface area contributed by atoms with Crippen LogP contribution < -0.4 is 38.1 Å². The van der Waals surface area contributed by atoms with Gasteiger partial charge in [-0.15, -0.1) is 0 Å². The van der Waals surface area contributed by atoms with Crippen LogP contribution in [0.25, 0.3) is 0 Å². The summed E-state index contributed by atoms with van der Waals surface area (Å²) in [6.45, 7) is 21.4. The first-order valence-electron chi connectivity index (χ1n) is 43.6. The summed E-state index contributed by atoms with van der Waals surface area (Å²) in [6, 6.07) is -0.568. The molecule has 26 nitrogen and oxygen atoms in total. The van der Waals surface area contributed by atoms with Gasteiger partial charge in [-0.25, -0.2) is 0 Å². The standard InChI is InChI=1S/C48H88N8O17.C6H4.C4H8O.16H2/c1-38(10-13-43(59)53-18-22-67-26-30-71-34-32-69-29-25-66-21-15-45(61)52-17-7-5-9-42(48(50)64)55-36-40(3)58)56-73-37-46(62)54-19-23-68-27-31-72-35-33-70-28-24-65-20-14-44(60)51-16-6-4-8-41(47(49)63)12-11-39(2)57;1-3-5-6-4-2;1-3-4(2)5;;;;;;;;;;;;;;;;/h41-42,55H,4-37H2,1-3H3,(H2,49,63)(H2,50,64)(H,51,60)(H,52,61)(H,53,59)(H,54,62);1-2H2;3H2,1-2H3;16*1H/b56-38-;;;;;;;;;;;;;;;;;;/t41-,42+;;;;;;;;;;;;;;;;;;/m1................../s1/i;;;15*1+1D;1+1. The van der Waals surface area contributed by atoms with Gasteiger partial charge in [0.2, 0.25) is 29.5 Å². The van der Waals surface area contributed by atoms with Crippen LogP contribution in [0.2, 0.25) is 0 Å². The zero-order valence-corrected chi connectivity index (χ0v) is 50.8. The molecule has 0 fully saturated rings. The molecule has 0 aromatic heterocycles. The van der Waals surface area contributed by atoms with Crippen molar-refractivity contribution in [1.29, 1.82) is 0 Å². The number of carbonyl (C=O) groups excluding carboxylic acids is 9. The van der Waals surface area contributed by atoms with E-state index in [2.05, 4.69) is 67.8 Å². The molecular formula is C58H132N8O18. The van der Waals surface area contributed by atoms with Crippen LogP contribution in [0.4, 0.5) is 0 Å². The Labute approximate surface area is 545 Å². The van der Waals surface area contributed by atoms with Crippen molar-refractivity contribution in [2.24, 2.45) is 22.5 Å². The monoisotopic (exact) mass is 1260 g/mol. The maximum absolute atomic E-state index is 12.1. The van der Waals surface area contributed by atoms with Crippen molar-refractivity contribution in [2.45, 2.75) is 124 Å². The number of primary amides is 2. The third-order valence-electron chi connectivity index (χ3n) is 10.9. The van der Waals surface area contributed by atoms with Crippen LogP contribution in [-0.2, 0) is 85.9 Å². The summed E-state index contributed by atoms with van der Waals surface area (Å²) in [5.41, 5.74) is 20.9. The number of nitrogens with one attached hydrogen (secondary N) is 5. The molecule has 0 aliphatic heterocycles. The van der Waals surface area contributed by atoms with E-state index in [0.717, 1.165) is 6.42 Å². The normalized spacial score (nSPS) is 12.7. The average Bonchev–Trinajstić information content (AvgIpc) is 0.985. The van der Waals surface area contributed by atoms with Crippen molar-refractivity contribution >= 4 is 58.5 Å². The number of carbonyl (C=O) groups is 9. The lowest BCUT2D eigenvalue weighted by molar-refractivity contribution is -0.126. The Balaban J connectivity index is -0.000000109. The highest BCUT2D eigenvalue weighted by Gasteiger charge is 2.16. The van der Waals surface area contributed by atoms with Crippen LogP contribution in [0.5, 0.6) is 0 Å². The first-order valence-corrected chi connectivity index (χ1v) is 28.6. The van der Waals surface area contributed by atoms with Gasteiger partial charge in [0.25, 0.3) is 5.91 Å². The zero-order chi connectivity index (χ0) is 93.1. The highest BCUT2D eigenvalue weighted by Crippen LogP contribution is 2.15. The fourth-order valence-corrected chi connectivity index (χ4v) is 6.19. The number of ketones is 3. The summed E-state index contributed by atoms with van der Waals surface area (Å²) in [4.78, 5) is 108. The molecule has 0 rings (SSSR count). The number of nitrogens with two attached hydrogens (primary N) is 2. The van der Waals surface area contributed by atoms with Gasteiger partial charge >= 0.3 is 0 Å². The third-order valence-corrected chi connectivity index (χ3v) is 10.9. The maximum Gasteiger partial charge on any atom is 0.260 e. The van der Waals surface area contributed by atoms with E-state index >= 15 is 0 Å². The first-order chi connectivity index (χ1) is 55.4. The van der Waals surface area contributed by atoms with Crippen LogP contribution in [0.3, 0.4) is 0 Å². The van der Waals surface area contributed by atoms with Crippen LogP contribution in [0.15, 0.2) is 41.2 Å². The van der Waals surface area contributed by atoms with Gasteiger partial charge in [-0.3, -0.25) is 38.9 Å². The molecule has 0 aliphatic rings. The van der Waals surface area contributed by atoms with Crippen molar-refractivity contribution in [2.75, 3.05) is 145 Å². The highest BCUT2D eigenvalue weighted by atomic mass is 16.6. The summed E-state index contributed by atoms with van der Waals surface area (Å²) >= 11 is 0. The van der Waals surface area contributed by atoms with Crippen LogP contribution >= 0.6 is 0 Å². The molecule has 84 heavy (non-hydrogen) atoms. The number of nitrogens with zero attached hydrogens (tertiary/aromatic N) is 1. The van der Waals surface area contributed by atoms with E-state index in [-0.39, 0.29) is 107 Å². The Morgan fingerprint density at radius 2 is 0.857 bits per heavy atom. The summed E-state index contributed by atoms with van der Waals surface area (Å²) in [7, 11) is 0. The van der Waals surface area contributed by atoms with Gasteiger partial charge in [0.1, 0.15) is 17.3 Å². The van der Waals surface area contributed by atoms with Crippen molar-refractivity contribution in [1.82, 2.24) is 26.6 Å². The van der Waals surface area contributed by atoms with Crippen molar-refractivity contribution in [3.63, 3.8) is 0 Å². The topological polar surface area (TPSA) is 361 Å². The molecule has 26 heteroatoms. The van der Waals surface area contributed by atoms with E-state index < -0.39 is 17.9 Å². The molecule has 2 atom stereocenters. The van der Waals surface area contributed by atoms with E-state index in [1.807, 2.05) is 6.92 Å². The quantitative estimate of drug-likeness (QED) is 0.0165. The molecule has 0 bridgehead atoms. The molecule has 0 spiro atoms. The number of amides is 6.